The van der Waals surface area contributed by atoms with Crippen molar-refractivity contribution in [2.45, 2.75) is 34.1 Å². The van der Waals surface area contributed by atoms with Gasteiger partial charge in [0.15, 0.2) is 0 Å². The lowest BCUT2D eigenvalue weighted by atomic mass is 9.91. The van der Waals surface area contributed by atoms with Gasteiger partial charge in [0.25, 0.3) is 0 Å². The molecular formula is C25H29N5O. The Hall–Kier alpha value is -3.33. The smallest absolute Gasteiger partial charge is 0.223 e. The van der Waals surface area contributed by atoms with Crippen molar-refractivity contribution in [1.82, 2.24) is 14.5 Å². The van der Waals surface area contributed by atoms with Crippen LogP contribution in [-0.2, 0) is 4.79 Å². The van der Waals surface area contributed by atoms with E-state index in [1.54, 1.807) is 10.7 Å². The average molecular weight is 416 g/mol. The third-order valence-electron chi connectivity index (χ3n) is 5.73. The number of pyridine rings is 1. The number of hydrogen-bond donors (Lipinski definition) is 0. The van der Waals surface area contributed by atoms with Crippen LogP contribution < -0.4 is 4.90 Å². The number of aryl methyl sites for hydroxylation is 1. The van der Waals surface area contributed by atoms with E-state index in [1.165, 1.54) is 0 Å². The Morgan fingerprint density at radius 3 is 2.42 bits per heavy atom. The third kappa shape index (κ3) is 4.41. The van der Waals surface area contributed by atoms with Crippen molar-refractivity contribution in [3.8, 4) is 17.2 Å². The van der Waals surface area contributed by atoms with Gasteiger partial charge in [0.2, 0.25) is 5.91 Å². The highest BCUT2D eigenvalue weighted by Crippen LogP contribution is 2.30. The molecule has 1 fully saturated rings. The molecule has 1 aliphatic rings. The van der Waals surface area contributed by atoms with Gasteiger partial charge in [-0.25, -0.2) is 4.52 Å². The Labute approximate surface area is 183 Å². The van der Waals surface area contributed by atoms with Crippen molar-refractivity contribution in [2.75, 3.05) is 31.1 Å². The van der Waals surface area contributed by atoms with Crippen molar-refractivity contribution in [2.24, 2.45) is 5.41 Å². The fourth-order valence-electron chi connectivity index (χ4n) is 4.19. The molecule has 0 bridgehead atoms. The number of rotatable bonds is 3. The quantitative estimate of drug-likeness (QED) is 0.641. The summed E-state index contributed by atoms with van der Waals surface area (Å²) in [5.41, 5.74) is 5.76. The van der Waals surface area contributed by atoms with Crippen LogP contribution in [0.4, 0.5) is 5.69 Å². The zero-order valence-electron chi connectivity index (χ0n) is 18.7. The number of anilines is 1. The van der Waals surface area contributed by atoms with E-state index in [0.717, 1.165) is 54.1 Å². The van der Waals surface area contributed by atoms with Crippen molar-refractivity contribution in [1.29, 1.82) is 5.26 Å². The molecule has 0 saturated carbocycles. The maximum atomic E-state index is 12.5. The van der Waals surface area contributed by atoms with E-state index in [9.17, 15) is 10.1 Å². The first-order valence-corrected chi connectivity index (χ1v) is 10.8. The molecule has 0 N–H and O–H groups in total. The van der Waals surface area contributed by atoms with Gasteiger partial charge in [-0.1, -0.05) is 32.9 Å². The van der Waals surface area contributed by atoms with Gasteiger partial charge in [-0.3, -0.25) is 4.79 Å². The molecule has 160 valence electrons. The van der Waals surface area contributed by atoms with Crippen LogP contribution >= 0.6 is 0 Å². The highest BCUT2D eigenvalue weighted by Gasteiger charge is 2.25. The molecule has 3 aromatic rings. The van der Waals surface area contributed by atoms with Gasteiger partial charge in [0.1, 0.15) is 6.07 Å². The number of carbonyl (C=O) groups is 1. The largest absolute Gasteiger partial charge is 0.368 e. The van der Waals surface area contributed by atoms with Crippen LogP contribution in [0, 0.1) is 23.7 Å². The lowest BCUT2D eigenvalue weighted by Gasteiger charge is -2.37. The van der Waals surface area contributed by atoms with Gasteiger partial charge in [0, 0.05) is 50.0 Å². The van der Waals surface area contributed by atoms with E-state index in [4.69, 9.17) is 0 Å². The molecule has 0 radical (unpaired) electrons. The molecule has 0 atom stereocenters. The van der Waals surface area contributed by atoms with Crippen LogP contribution in [-0.4, -0.2) is 46.6 Å². The van der Waals surface area contributed by atoms with E-state index < -0.39 is 0 Å². The van der Waals surface area contributed by atoms with Gasteiger partial charge >= 0.3 is 0 Å². The fourth-order valence-corrected chi connectivity index (χ4v) is 4.19. The third-order valence-corrected chi connectivity index (χ3v) is 5.73. The molecular weight excluding hydrogens is 386 g/mol. The molecule has 0 unspecified atom stereocenters. The number of piperazine rings is 1. The molecule has 2 aromatic heterocycles. The first-order chi connectivity index (χ1) is 14.7. The second-order valence-corrected chi connectivity index (χ2v) is 9.55. The van der Waals surface area contributed by atoms with Gasteiger partial charge in [-0.15, -0.1) is 0 Å². The average Bonchev–Trinajstić information content (AvgIpc) is 3.15. The number of carbonyl (C=O) groups excluding carboxylic acids is 1. The second-order valence-electron chi connectivity index (χ2n) is 9.55. The molecule has 1 amide bonds. The monoisotopic (exact) mass is 415 g/mol. The number of nitriles is 1. The maximum Gasteiger partial charge on any atom is 0.223 e. The summed E-state index contributed by atoms with van der Waals surface area (Å²) in [6.07, 6.45) is 4.15. The predicted octanol–water partition coefficient (Wildman–Crippen LogP) is 4.27. The summed E-state index contributed by atoms with van der Waals surface area (Å²) in [6, 6.07) is 12.8. The fraction of sp³-hybridized carbons (Fsp3) is 0.400. The van der Waals surface area contributed by atoms with Crippen LogP contribution in [0.25, 0.3) is 16.6 Å². The number of aromatic nitrogens is 2. The van der Waals surface area contributed by atoms with Gasteiger partial charge in [-0.2, -0.15) is 10.4 Å². The van der Waals surface area contributed by atoms with Crippen LogP contribution in [0.1, 0.15) is 38.3 Å². The second kappa shape index (κ2) is 8.07. The van der Waals surface area contributed by atoms with E-state index >= 15 is 0 Å². The Balaban J connectivity index is 1.50. The lowest BCUT2D eigenvalue weighted by molar-refractivity contribution is -0.133. The van der Waals surface area contributed by atoms with Crippen molar-refractivity contribution >= 4 is 17.1 Å². The summed E-state index contributed by atoms with van der Waals surface area (Å²) in [5, 5.41) is 13.8. The van der Waals surface area contributed by atoms with Crippen LogP contribution in [0.3, 0.4) is 0 Å². The topological polar surface area (TPSA) is 64.6 Å². The summed E-state index contributed by atoms with van der Waals surface area (Å²) < 4.78 is 1.78. The Morgan fingerprint density at radius 1 is 1.13 bits per heavy atom. The van der Waals surface area contributed by atoms with E-state index in [0.29, 0.717) is 12.0 Å². The zero-order chi connectivity index (χ0) is 22.2. The summed E-state index contributed by atoms with van der Waals surface area (Å²) in [4.78, 5) is 16.8. The summed E-state index contributed by atoms with van der Waals surface area (Å²) in [5.74, 6) is 0.250. The molecule has 0 aliphatic carbocycles. The lowest BCUT2D eigenvalue weighted by Crippen LogP contribution is -2.49. The Bertz CT molecular complexity index is 1140. The Morgan fingerprint density at radius 2 is 1.81 bits per heavy atom. The Kier molecular flexibility index (Phi) is 5.45. The van der Waals surface area contributed by atoms with Gasteiger partial charge in [-0.05, 0) is 41.7 Å². The van der Waals surface area contributed by atoms with E-state index in [1.807, 2.05) is 18.0 Å². The number of fused-ring (bicyclic) bond motifs is 1. The van der Waals surface area contributed by atoms with Crippen molar-refractivity contribution < 1.29 is 4.79 Å². The normalized spacial score (nSPS) is 14.7. The number of benzene rings is 1. The molecule has 6 heteroatoms. The maximum absolute atomic E-state index is 12.5. The number of amides is 1. The number of nitrogens with zero attached hydrogens (tertiary/aromatic N) is 5. The molecule has 1 aromatic carbocycles. The minimum absolute atomic E-state index is 0.0200. The van der Waals surface area contributed by atoms with Gasteiger partial charge < -0.3 is 9.80 Å². The molecule has 6 nitrogen and oxygen atoms in total. The summed E-state index contributed by atoms with van der Waals surface area (Å²) in [7, 11) is 0. The first kappa shape index (κ1) is 20.9. The highest BCUT2D eigenvalue weighted by molar-refractivity contribution is 5.85. The van der Waals surface area contributed by atoms with Crippen LogP contribution in [0.2, 0.25) is 0 Å². The molecule has 31 heavy (non-hydrogen) atoms. The zero-order valence-corrected chi connectivity index (χ0v) is 18.7. The molecule has 1 aliphatic heterocycles. The van der Waals surface area contributed by atoms with Crippen LogP contribution in [0.15, 0.2) is 42.7 Å². The van der Waals surface area contributed by atoms with Crippen LogP contribution in [0.5, 0.6) is 0 Å². The predicted molar refractivity (Wildman–Crippen MR) is 123 cm³/mol. The molecule has 1 saturated heterocycles. The molecule has 3 heterocycles. The standard InChI is InChI=1S/C25H29N5O/c1-18-13-22(24-20(15-26)16-27-30(24)17-18)19-5-7-21(8-6-19)28-9-11-29(12-10-28)23(31)14-25(2,3)4/h5-8,13,16-17H,9-12,14H2,1-4H3. The molecule has 0 spiro atoms. The summed E-state index contributed by atoms with van der Waals surface area (Å²) >= 11 is 0. The first-order valence-electron chi connectivity index (χ1n) is 10.8. The highest BCUT2D eigenvalue weighted by atomic mass is 16.2. The summed E-state index contributed by atoms with van der Waals surface area (Å²) in [6.45, 7) is 11.5. The van der Waals surface area contributed by atoms with Gasteiger partial charge in [0.05, 0.1) is 17.3 Å². The van der Waals surface area contributed by atoms with Crippen molar-refractivity contribution in [3.05, 3.63) is 53.9 Å². The van der Waals surface area contributed by atoms with E-state index in [-0.39, 0.29) is 11.3 Å². The minimum atomic E-state index is 0.0200. The van der Waals surface area contributed by atoms with E-state index in [2.05, 4.69) is 67.2 Å². The minimum Gasteiger partial charge on any atom is -0.368 e. The SMILES string of the molecule is Cc1cc(-c2ccc(N3CCN(C(=O)CC(C)(C)C)CC3)cc2)c2c(C#N)cnn2c1. The van der Waals surface area contributed by atoms with Crippen molar-refractivity contribution in [3.63, 3.8) is 0 Å². The number of hydrogen-bond acceptors (Lipinski definition) is 4. The molecule has 4 rings (SSSR count).